The Morgan fingerprint density at radius 3 is 2.35 bits per heavy atom. The number of anilines is 1. The van der Waals surface area contributed by atoms with Crippen LogP contribution in [0.3, 0.4) is 0 Å². The van der Waals surface area contributed by atoms with E-state index < -0.39 is 0 Å². The summed E-state index contributed by atoms with van der Waals surface area (Å²) in [6.07, 6.45) is 0. The van der Waals surface area contributed by atoms with Crippen LogP contribution in [0.5, 0.6) is 0 Å². The van der Waals surface area contributed by atoms with E-state index in [-0.39, 0.29) is 5.78 Å². The molecule has 17 heavy (non-hydrogen) atoms. The smallest absolute Gasteiger partial charge is 0.196 e. The predicted molar refractivity (Wildman–Crippen MR) is 73.4 cm³/mol. The summed E-state index contributed by atoms with van der Waals surface area (Å²) in [4.78, 5) is 12.2. The van der Waals surface area contributed by atoms with Gasteiger partial charge in [0.15, 0.2) is 5.78 Å². The zero-order chi connectivity index (χ0) is 12.4. The molecule has 0 spiro atoms. The average Bonchev–Trinajstić information content (AvgIpc) is 2.29. The van der Waals surface area contributed by atoms with E-state index in [1.807, 2.05) is 0 Å². The number of nitrogens with two attached hydrogens (primary N) is 1. The molecule has 2 nitrogen and oxygen atoms in total. The van der Waals surface area contributed by atoms with E-state index in [2.05, 4.69) is 15.9 Å². The van der Waals surface area contributed by atoms with Crippen LogP contribution in [0.1, 0.15) is 15.9 Å². The van der Waals surface area contributed by atoms with Gasteiger partial charge >= 0.3 is 0 Å². The van der Waals surface area contributed by atoms with Crippen molar-refractivity contribution in [3.05, 3.63) is 63.1 Å². The van der Waals surface area contributed by atoms with Gasteiger partial charge in [-0.2, -0.15) is 0 Å². The van der Waals surface area contributed by atoms with Crippen LogP contribution < -0.4 is 5.73 Å². The van der Waals surface area contributed by atoms with E-state index in [9.17, 15) is 4.79 Å². The number of hydrogen-bond acceptors (Lipinski definition) is 2. The number of ketones is 1. The fourth-order valence-electron chi connectivity index (χ4n) is 1.53. The van der Waals surface area contributed by atoms with Crippen LogP contribution in [0, 0.1) is 0 Å². The lowest BCUT2D eigenvalue weighted by atomic mass is 10.0. The second-order valence-corrected chi connectivity index (χ2v) is 4.86. The van der Waals surface area contributed by atoms with Crippen molar-refractivity contribution in [3.63, 3.8) is 0 Å². The van der Waals surface area contributed by atoms with Crippen LogP contribution in [0.4, 0.5) is 5.69 Å². The Balaban J connectivity index is 2.47. The third kappa shape index (κ3) is 2.51. The van der Waals surface area contributed by atoms with Crippen molar-refractivity contribution in [1.29, 1.82) is 0 Å². The summed E-state index contributed by atoms with van der Waals surface area (Å²) < 4.78 is 0.918. The van der Waals surface area contributed by atoms with Gasteiger partial charge in [0.1, 0.15) is 0 Å². The molecule has 0 unspecified atom stereocenters. The van der Waals surface area contributed by atoms with Gasteiger partial charge in [-0.1, -0.05) is 33.6 Å². The molecule has 2 rings (SSSR count). The van der Waals surface area contributed by atoms with Crippen LogP contribution in [0.15, 0.2) is 46.9 Å². The third-order valence-corrected chi connectivity index (χ3v) is 3.22. The molecule has 0 aliphatic heterocycles. The van der Waals surface area contributed by atoms with Crippen LogP contribution >= 0.6 is 27.5 Å². The number of carbonyl (C=O) groups excluding carboxylic acids is 1. The van der Waals surface area contributed by atoms with E-state index >= 15 is 0 Å². The Morgan fingerprint density at radius 2 is 1.76 bits per heavy atom. The summed E-state index contributed by atoms with van der Waals surface area (Å²) in [6, 6.07) is 12.1. The molecule has 0 radical (unpaired) electrons. The highest BCUT2D eigenvalue weighted by Gasteiger charge is 2.15. The van der Waals surface area contributed by atoms with Gasteiger partial charge in [0.25, 0.3) is 0 Å². The maximum absolute atomic E-state index is 12.2. The third-order valence-electron chi connectivity index (χ3n) is 2.38. The molecule has 0 saturated heterocycles. The molecule has 0 bridgehead atoms. The summed E-state index contributed by atoms with van der Waals surface area (Å²) in [5, 5.41) is 0.373. The zero-order valence-corrected chi connectivity index (χ0v) is 11.1. The number of rotatable bonds is 2. The van der Waals surface area contributed by atoms with Gasteiger partial charge in [-0.05, 0) is 36.4 Å². The van der Waals surface area contributed by atoms with Crippen LogP contribution in [0.2, 0.25) is 5.02 Å². The van der Waals surface area contributed by atoms with Crippen LogP contribution in [-0.4, -0.2) is 5.78 Å². The Hall–Kier alpha value is -1.32. The molecule has 4 heteroatoms. The quantitative estimate of drug-likeness (QED) is 0.675. The minimum atomic E-state index is -0.166. The average molecular weight is 311 g/mol. The minimum absolute atomic E-state index is 0.166. The molecule has 86 valence electrons. The number of benzene rings is 2. The van der Waals surface area contributed by atoms with Crippen molar-refractivity contribution in [3.8, 4) is 0 Å². The maximum Gasteiger partial charge on any atom is 0.196 e. The van der Waals surface area contributed by atoms with Crippen molar-refractivity contribution in [2.45, 2.75) is 0 Å². The van der Waals surface area contributed by atoms with E-state index in [0.717, 1.165) is 4.47 Å². The first-order valence-corrected chi connectivity index (χ1v) is 6.11. The van der Waals surface area contributed by atoms with Gasteiger partial charge in [-0.25, -0.2) is 0 Å². The highest BCUT2D eigenvalue weighted by Crippen LogP contribution is 2.25. The van der Waals surface area contributed by atoms with Gasteiger partial charge in [0.05, 0.1) is 10.6 Å². The minimum Gasteiger partial charge on any atom is -0.398 e. The molecular formula is C13H9BrClNO. The van der Waals surface area contributed by atoms with Gasteiger partial charge in [0.2, 0.25) is 0 Å². The van der Waals surface area contributed by atoms with Gasteiger partial charge in [-0.3, -0.25) is 4.79 Å². The first kappa shape index (κ1) is 12.1. The van der Waals surface area contributed by atoms with Gasteiger partial charge in [0, 0.05) is 15.7 Å². The van der Waals surface area contributed by atoms with Crippen LogP contribution in [0.25, 0.3) is 0 Å². The molecule has 0 aromatic heterocycles. The summed E-state index contributed by atoms with van der Waals surface area (Å²) in [5.74, 6) is -0.166. The Labute approximate surface area is 113 Å². The second kappa shape index (κ2) is 4.90. The van der Waals surface area contributed by atoms with Crippen molar-refractivity contribution < 1.29 is 4.79 Å². The fourth-order valence-corrected chi connectivity index (χ4v) is 2.06. The standard InChI is InChI=1S/C13H9BrClNO/c14-9-6-4-8(5-7-9)13(17)12-10(15)2-1-3-11(12)16/h1-7H,16H2. The van der Waals surface area contributed by atoms with Crippen molar-refractivity contribution >= 4 is 39.0 Å². The number of carbonyl (C=O) groups is 1. The fraction of sp³-hybridized carbons (Fsp3) is 0. The first-order chi connectivity index (χ1) is 8.09. The predicted octanol–water partition coefficient (Wildman–Crippen LogP) is 3.92. The zero-order valence-electron chi connectivity index (χ0n) is 8.78. The lowest BCUT2D eigenvalue weighted by Gasteiger charge is -2.07. The van der Waals surface area contributed by atoms with Crippen LogP contribution in [-0.2, 0) is 0 Å². The first-order valence-electron chi connectivity index (χ1n) is 4.94. The molecule has 2 aromatic rings. The van der Waals surface area contributed by atoms with Gasteiger partial charge < -0.3 is 5.73 Å². The summed E-state index contributed by atoms with van der Waals surface area (Å²) in [7, 11) is 0. The highest BCUT2D eigenvalue weighted by atomic mass is 79.9. The SMILES string of the molecule is Nc1cccc(Cl)c1C(=O)c1ccc(Br)cc1. The topological polar surface area (TPSA) is 43.1 Å². The Bertz CT molecular complexity index is 546. The van der Waals surface area contributed by atoms with Crippen molar-refractivity contribution in [2.24, 2.45) is 0 Å². The van der Waals surface area contributed by atoms with Crippen molar-refractivity contribution in [1.82, 2.24) is 0 Å². The molecule has 0 aliphatic carbocycles. The maximum atomic E-state index is 12.2. The molecule has 0 saturated carbocycles. The molecule has 2 N–H and O–H groups in total. The van der Waals surface area contributed by atoms with E-state index in [1.54, 1.807) is 42.5 Å². The summed E-state index contributed by atoms with van der Waals surface area (Å²) in [6.45, 7) is 0. The van der Waals surface area contributed by atoms with E-state index in [0.29, 0.717) is 21.8 Å². The second-order valence-electron chi connectivity index (χ2n) is 3.54. The van der Waals surface area contributed by atoms with Gasteiger partial charge in [-0.15, -0.1) is 0 Å². The molecule has 2 aromatic carbocycles. The number of halogens is 2. The number of nitrogen functional groups attached to an aromatic ring is 1. The Morgan fingerprint density at radius 1 is 1.12 bits per heavy atom. The molecule has 0 atom stereocenters. The molecule has 0 aliphatic rings. The summed E-state index contributed by atoms with van der Waals surface area (Å²) >= 11 is 9.31. The molecule has 0 heterocycles. The lowest BCUT2D eigenvalue weighted by Crippen LogP contribution is -2.06. The lowest BCUT2D eigenvalue weighted by molar-refractivity contribution is 0.103. The molecule has 0 amide bonds. The normalized spacial score (nSPS) is 10.2. The van der Waals surface area contributed by atoms with E-state index in [4.69, 9.17) is 17.3 Å². The van der Waals surface area contributed by atoms with Crippen molar-refractivity contribution in [2.75, 3.05) is 5.73 Å². The highest BCUT2D eigenvalue weighted by molar-refractivity contribution is 9.10. The van der Waals surface area contributed by atoms with E-state index in [1.165, 1.54) is 0 Å². The summed E-state index contributed by atoms with van der Waals surface area (Å²) in [5.41, 5.74) is 7.09. The molecular weight excluding hydrogens is 302 g/mol. The monoisotopic (exact) mass is 309 g/mol. The molecule has 0 fully saturated rings. The number of hydrogen-bond donors (Lipinski definition) is 1. The Kier molecular flexibility index (Phi) is 3.50. The largest absolute Gasteiger partial charge is 0.398 e.